The molecular formula is C15H17ClN2O2. The quantitative estimate of drug-likeness (QED) is 0.793. The largest absolute Gasteiger partial charge is 0.468 e. The molecule has 0 saturated carbocycles. The van der Waals surface area contributed by atoms with Gasteiger partial charge in [0.15, 0.2) is 0 Å². The number of anilines is 1. The smallest absolute Gasteiger partial charge is 0.325 e. The zero-order valence-electron chi connectivity index (χ0n) is 11.6. The van der Waals surface area contributed by atoms with E-state index < -0.39 is 0 Å². The third-order valence-electron chi connectivity index (χ3n) is 3.06. The van der Waals surface area contributed by atoms with E-state index in [1.165, 1.54) is 7.11 Å². The zero-order valence-corrected chi connectivity index (χ0v) is 12.4. The van der Waals surface area contributed by atoms with Gasteiger partial charge in [0, 0.05) is 28.8 Å². The van der Waals surface area contributed by atoms with Crippen LogP contribution in [0.15, 0.2) is 30.5 Å². The standard InChI is InChI=1S/C15H17ClN2O2/c1-3-8-18(10-15(19)20-2)14-6-7-17-13-9-11(16)4-5-12(13)14/h4-7,9H,3,8,10H2,1-2H3. The second kappa shape index (κ2) is 6.57. The first-order valence-electron chi connectivity index (χ1n) is 6.51. The van der Waals surface area contributed by atoms with Crippen LogP contribution < -0.4 is 4.90 Å². The number of halogens is 1. The summed E-state index contributed by atoms with van der Waals surface area (Å²) < 4.78 is 4.76. The summed E-state index contributed by atoms with van der Waals surface area (Å²) in [6.45, 7) is 3.08. The van der Waals surface area contributed by atoms with Gasteiger partial charge in [0.25, 0.3) is 0 Å². The maximum atomic E-state index is 11.6. The predicted molar refractivity (Wildman–Crippen MR) is 81.3 cm³/mol. The fourth-order valence-corrected chi connectivity index (χ4v) is 2.32. The number of methoxy groups -OCH3 is 1. The summed E-state index contributed by atoms with van der Waals surface area (Å²) in [6.07, 6.45) is 2.67. The summed E-state index contributed by atoms with van der Waals surface area (Å²) in [7, 11) is 1.40. The topological polar surface area (TPSA) is 42.4 Å². The van der Waals surface area contributed by atoms with Gasteiger partial charge in [-0.1, -0.05) is 18.5 Å². The first kappa shape index (κ1) is 14.6. The summed E-state index contributed by atoms with van der Waals surface area (Å²) >= 11 is 5.99. The van der Waals surface area contributed by atoms with E-state index in [0.29, 0.717) is 5.02 Å². The monoisotopic (exact) mass is 292 g/mol. The molecule has 0 spiro atoms. The SMILES string of the molecule is CCCN(CC(=O)OC)c1ccnc2cc(Cl)ccc12. The molecule has 0 unspecified atom stereocenters. The van der Waals surface area contributed by atoms with Gasteiger partial charge in [0.2, 0.25) is 0 Å². The number of esters is 1. The number of aromatic nitrogens is 1. The molecule has 0 aliphatic heterocycles. The van der Waals surface area contributed by atoms with Crippen LogP contribution in [0.1, 0.15) is 13.3 Å². The van der Waals surface area contributed by atoms with Crippen LogP contribution in [0.5, 0.6) is 0 Å². The summed E-state index contributed by atoms with van der Waals surface area (Å²) in [5.41, 5.74) is 1.79. The Morgan fingerprint density at radius 1 is 1.40 bits per heavy atom. The molecule has 0 bridgehead atoms. The Bertz CT molecular complexity index is 616. The van der Waals surface area contributed by atoms with E-state index >= 15 is 0 Å². The van der Waals surface area contributed by atoms with Crippen molar-refractivity contribution in [3.05, 3.63) is 35.5 Å². The minimum absolute atomic E-state index is 0.228. The average molecular weight is 293 g/mol. The Labute approximate surface area is 123 Å². The van der Waals surface area contributed by atoms with Crippen molar-refractivity contribution >= 4 is 34.2 Å². The summed E-state index contributed by atoms with van der Waals surface area (Å²) in [4.78, 5) is 17.9. The fourth-order valence-electron chi connectivity index (χ4n) is 2.16. The number of benzene rings is 1. The number of rotatable bonds is 5. The molecule has 5 heteroatoms. The molecule has 1 aromatic heterocycles. The van der Waals surface area contributed by atoms with Crippen LogP contribution in [0.3, 0.4) is 0 Å². The second-order valence-electron chi connectivity index (χ2n) is 4.49. The summed E-state index contributed by atoms with van der Waals surface area (Å²) in [5, 5.41) is 1.63. The molecule has 0 amide bonds. The van der Waals surface area contributed by atoms with E-state index in [1.807, 2.05) is 29.2 Å². The number of hydrogen-bond donors (Lipinski definition) is 0. The van der Waals surface area contributed by atoms with Gasteiger partial charge in [0.05, 0.1) is 12.6 Å². The van der Waals surface area contributed by atoms with Gasteiger partial charge in [-0.15, -0.1) is 0 Å². The van der Waals surface area contributed by atoms with E-state index in [2.05, 4.69) is 11.9 Å². The molecule has 0 atom stereocenters. The molecule has 4 nitrogen and oxygen atoms in total. The summed E-state index contributed by atoms with van der Waals surface area (Å²) in [5.74, 6) is -0.252. The molecule has 106 valence electrons. The van der Waals surface area contributed by atoms with Crippen molar-refractivity contribution in [2.45, 2.75) is 13.3 Å². The highest BCUT2D eigenvalue weighted by atomic mass is 35.5. The van der Waals surface area contributed by atoms with Gasteiger partial charge in [-0.2, -0.15) is 0 Å². The summed E-state index contributed by atoms with van der Waals surface area (Å²) in [6, 6.07) is 7.49. The molecule has 0 fully saturated rings. The van der Waals surface area contributed by atoms with Gasteiger partial charge < -0.3 is 9.64 Å². The van der Waals surface area contributed by atoms with Crippen LogP contribution in [0.25, 0.3) is 10.9 Å². The maximum Gasteiger partial charge on any atom is 0.325 e. The van der Waals surface area contributed by atoms with Crippen LogP contribution in [0, 0.1) is 0 Å². The van der Waals surface area contributed by atoms with E-state index in [1.54, 1.807) is 6.20 Å². The number of fused-ring (bicyclic) bond motifs is 1. The van der Waals surface area contributed by atoms with Crippen molar-refractivity contribution in [2.75, 3.05) is 25.1 Å². The molecular weight excluding hydrogens is 276 g/mol. The second-order valence-corrected chi connectivity index (χ2v) is 4.93. The number of hydrogen-bond acceptors (Lipinski definition) is 4. The number of nitrogens with zero attached hydrogens (tertiary/aromatic N) is 2. The Morgan fingerprint density at radius 2 is 2.20 bits per heavy atom. The molecule has 2 rings (SSSR count). The van der Waals surface area contributed by atoms with Crippen molar-refractivity contribution in [1.29, 1.82) is 0 Å². The zero-order chi connectivity index (χ0) is 14.5. The molecule has 20 heavy (non-hydrogen) atoms. The molecule has 1 heterocycles. The van der Waals surface area contributed by atoms with E-state index in [-0.39, 0.29) is 12.5 Å². The molecule has 0 saturated heterocycles. The Hall–Kier alpha value is -1.81. The highest BCUT2D eigenvalue weighted by Crippen LogP contribution is 2.27. The average Bonchev–Trinajstić information content (AvgIpc) is 2.45. The van der Waals surface area contributed by atoms with Gasteiger partial charge in [-0.3, -0.25) is 9.78 Å². The highest BCUT2D eigenvalue weighted by molar-refractivity contribution is 6.31. The first-order chi connectivity index (χ1) is 9.65. The Kier molecular flexibility index (Phi) is 4.79. The van der Waals surface area contributed by atoms with Crippen molar-refractivity contribution in [3.63, 3.8) is 0 Å². The minimum Gasteiger partial charge on any atom is -0.468 e. The van der Waals surface area contributed by atoms with Gasteiger partial charge >= 0.3 is 5.97 Å². The predicted octanol–water partition coefficient (Wildman–Crippen LogP) is 3.28. The number of ether oxygens (including phenoxy) is 1. The lowest BCUT2D eigenvalue weighted by molar-refractivity contribution is -0.138. The van der Waals surface area contributed by atoms with Gasteiger partial charge in [0.1, 0.15) is 6.54 Å². The lowest BCUT2D eigenvalue weighted by atomic mass is 10.1. The van der Waals surface area contributed by atoms with Crippen molar-refractivity contribution < 1.29 is 9.53 Å². The lowest BCUT2D eigenvalue weighted by Crippen LogP contribution is -2.31. The number of carbonyl (C=O) groups is 1. The fraction of sp³-hybridized carbons (Fsp3) is 0.333. The first-order valence-corrected chi connectivity index (χ1v) is 6.89. The van der Waals surface area contributed by atoms with E-state index in [9.17, 15) is 4.79 Å². The maximum absolute atomic E-state index is 11.6. The third kappa shape index (κ3) is 3.20. The number of carbonyl (C=O) groups excluding carboxylic acids is 1. The molecule has 0 aliphatic rings. The van der Waals surface area contributed by atoms with Crippen LogP contribution in [0.2, 0.25) is 5.02 Å². The van der Waals surface area contributed by atoms with Crippen LogP contribution >= 0.6 is 11.6 Å². The van der Waals surface area contributed by atoms with Gasteiger partial charge in [-0.05, 0) is 30.7 Å². The normalized spacial score (nSPS) is 10.6. The Balaban J connectivity index is 2.44. The van der Waals surface area contributed by atoms with Crippen LogP contribution in [0.4, 0.5) is 5.69 Å². The molecule has 0 N–H and O–H groups in total. The van der Waals surface area contributed by atoms with Crippen LogP contribution in [-0.4, -0.2) is 31.2 Å². The molecule has 2 aromatic rings. The molecule has 0 aliphatic carbocycles. The van der Waals surface area contributed by atoms with Crippen molar-refractivity contribution in [3.8, 4) is 0 Å². The number of pyridine rings is 1. The lowest BCUT2D eigenvalue weighted by Gasteiger charge is -2.24. The van der Waals surface area contributed by atoms with E-state index in [4.69, 9.17) is 16.3 Å². The molecule has 1 aromatic carbocycles. The van der Waals surface area contributed by atoms with Gasteiger partial charge in [-0.25, -0.2) is 0 Å². The highest BCUT2D eigenvalue weighted by Gasteiger charge is 2.14. The van der Waals surface area contributed by atoms with Crippen molar-refractivity contribution in [2.24, 2.45) is 0 Å². The van der Waals surface area contributed by atoms with Crippen LogP contribution in [-0.2, 0) is 9.53 Å². The van der Waals surface area contributed by atoms with Crippen molar-refractivity contribution in [1.82, 2.24) is 4.98 Å². The Morgan fingerprint density at radius 3 is 2.90 bits per heavy atom. The molecule has 0 radical (unpaired) electrons. The van der Waals surface area contributed by atoms with E-state index in [0.717, 1.165) is 29.6 Å². The minimum atomic E-state index is -0.252. The third-order valence-corrected chi connectivity index (χ3v) is 3.30.